The van der Waals surface area contributed by atoms with Gasteiger partial charge in [-0.15, -0.1) is 12.4 Å². The highest BCUT2D eigenvalue weighted by atomic mass is 35.5. The first-order chi connectivity index (χ1) is 8.74. The molecule has 0 saturated carbocycles. The smallest absolute Gasteiger partial charge is 0.264 e. The SMILES string of the molecule is C[C@H]1CN(C(=O)C2Cc3ccccc3O2)CCN1.Cl. The van der Waals surface area contributed by atoms with Gasteiger partial charge in [-0.25, -0.2) is 0 Å². The van der Waals surface area contributed by atoms with Gasteiger partial charge in [0.05, 0.1) is 0 Å². The highest BCUT2D eigenvalue weighted by molar-refractivity contribution is 5.85. The maximum absolute atomic E-state index is 12.4. The van der Waals surface area contributed by atoms with Gasteiger partial charge in [-0.3, -0.25) is 4.79 Å². The van der Waals surface area contributed by atoms with Gasteiger partial charge in [0.15, 0.2) is 6.10 Å². The molecule has 5 heteroatoms. The number of amides is 1. The third kappa shape index (κ3) is 2.85. The molecule has 1 amide bonds. The first-order valence-corrected chi connectivity index (χ1v) is 6.51. The fourth-order valence-corrected chi connectivity index (χ4v) is 2.66. The van der Waals surface area contributed by atoms with E-state index in [2.05, 4.69) is 12.2 Å². The third-order valence-corrected chi connectivity index (χ3v) is 3.60. The number of benzene rings is 1. The van der Waals surface area contributed by atoms with Crippen molar-refractivity contribution in [1.29, 1.82) is 0 Å². The molecule has 0 spiro atoms. The van der Waals surface area contributed by atoms with E-state index in [0.29, 0.717) is 12.5 Å². The first kappa shape index (κ1) is 14.2. The highest BCUT2D eigenvalue weighted by Gasteiger charge is 2.33. The third-order valence-electron chi connectivity index (χ3n) is 3.60. The van der Waals surface area contributed by atoms with Crippen LogP contribution < -0.4 is 10.1 Å². The quantitative estimate of drug-likeness (QED) is 0.842. The normalized spacial score (nSPS) is 25.2. The molecular formula is C14H19ClN2O2. The summed E-state index contributed by atoms with van der Waals surface area (Å²) in [7, 11) is 0. The molecule has 104 valence electrons. The number of nitrogens with zero attached hydrogens (tertiary/aromatic N) is 1. The van der Waals surface area contributed by atoms with Crippen LogP contribution in [0.3, 0.4) is 0 Å². The Bertz CT molecular complexity index is 442. The largest absolute Gasteiger partial charge is 0.480 e. The standard InChI is InChI=1S/C14H18N2O2.ClH/c1-10-9-16(7-6-15-10)14(17)13-8-11-4-2-3-5-12(11)18-13;/h2-5,10,13,15H,6-9H2,1H3;1H/t10-,13?;/m0./s1. The Morgan fingerprint density at radius 2 is 2.21 bits per heavy atom. The molecule has 1 unspecified atom stereocenters. The number of carbonyl (C=O) groups excluding carboxylic acids is 1. The Balaban J connectivity index is 0.00000133. The average molecular weight is 283 g/mol. The van der Waals surface area contributed by atoms with Gasteiger partial charge in [-0.2, -0.15) is 0 Å². The van der Waals surface area contributed by atoms with Crippen LogP contribution in [-0.4, -0.2) is 42.6 Å². The van der Waals surface area contributed by atoms with Crippen LogP contribution >= 0.6 is 12.4 Å². The van der Waals surface area contributed by atoms with E-state index in [-0.39, 0.29) is 24.4 Å². The zero-order valence-corrected chi connectivity index (χ0v) is 11.8. The summed E-state index contributed by atoms with van der Waals surface area (Å²) in [5, 5.41) is 3.34. The minimum atomic E-state index is -0.326. The number of rotatable bonds is 1. The van der Waals surface area contributed by atoms with E-state index in [1.807, 2.05) is 29.2 Å². The molecule has 2 aliphatic heterocycles. The van der Waals surface area contributed by atoms with Crippen molar-refractivity contribution in [2.45, 2.75) is 25.5 Å². The van der Waals surface area contributed by atoms with Crippen molar-refractivity contribution < 1.29 is 9.53 Å². The van der Waals surface area contributed by atoms with Crippen LogP contribution in [0.2, 0.25) is 0 Å². The number of piperazine rings is 1. The van der Waals surface area contributed by atoms with E-state index >= 15 is 0 Å². The van der Waals surface area contributed by atoms with Crippen molar-refractivity contribution in [2.75, 3.05) is 19.6 Å². The minimum absolute atomic E-state index is 0. The number of fused-ring (bicyclic) bond motifs is 1. The lowest BCUT2D eigenvalue weighted by Crippen LogP contribution is -2.54. The zero-order chi connectivity index (χ0) is 12.5. The predicted octanol–water partition coefficient (Wildman–Crippen LogP) is 1.23. The predicted molar refractivity (Wildman–Crippen MR) is 75.9 cm³/mol. The van der Waals surface area contributed by atoms with Crippen molar-refractivity contribution in [2.24, 2.45) is 0 Å². The van der Waals surface area contributed by atoms with E-state index < -0.39 is 0 Å². The van der Waals surface area contributed by atoms with E-state index in [9.17, 15) is 4.79 Å². The van der Waals surface area contributed by atoms with Crippen LogP contribution in [0.15, 0.2) is 24.3 Å². The van der Waals surface area contributed by atoms with Crippen molar-refractivity contribution in [3.05, 3.63) is 29.8 Å². The van der Waals surface area contributed by atoms with Crippen LogP contribution in [0.1, 0.15) is 12.5 Å². The zero-order valence-electron chi connectivity index (χ0n) is 11.0. The molecule has 2 heterocycles. The Kier molecular flexibility index (Phi) is 4.32. The Hall–Kier alpha value is -1.26. The summed E-state index contributed by atoms with van der Waals surface area (Å²) in [5.74, 6) is 0.985. The lowest BCUT2D eigenvalue weighted by Gasteiger charge is -2.33. The number of hydrogen-bond acceptors (Lipinski definition) is 3. The number of para-hydroxylation sites is 1. The molecule has 1 aromatic rings. The molecule has 1 aromatic carbocycles. The summed E-state index contributed by atoms with van der Waals surface area (Å²) < 4.78 is 5.75. The van der Waals surface area contributed by atoms with Crippen LogP contribution in [0.25, 0.3) is 0 Å². The van der Waals surface area contributed by atoms with Crippen molar-refractivity contribution in [3.8, 4) is 5.75 Å². The molecule has 0 aromatic heterocycles. The van der Waals surface area contributed by atoms with Crippen molar-refractivity contribution in [1.82, 2.24) is 10.2 Å². The summed E-state index contributed by atoms with van der Waals surface area (Å²) in [6, 6.07) is 8.26. The molecule has 0 aliphatic carbocycles. The molecule has 3 rings (SSSR count). The second-order valence-electron chi connectivity index (χ2n) is 5.06. The van der Waals surface area contributed by atoms with E-state index in [1.165, 1.54) is 0 Å². The fraction of sp³-hybridized carbons (Fsp3) is 0.500. The van der Waals surface area contributed by atoms with Crippen LogP contribution in [0, 0.1) is 0 Å². The molecule has 2 atom stereocenters. The second kappa shape index (κ2) is 5.80. The number of halogens is 1. The maximum atomic E-state index is 12.4. The molecule has 1 N–H and O–H groups in total. The molecule has 1 saturated heterocycles. The molecule has 0 radical (unpaired) electrons. The van der Waals surface area contributed by atoms with Crippen molar-refractivity contribution >= 4 is 18.3 Å². The topological polar surface area (TPSA) is 41.6 Å². The summed E-state index contributed by atoms with van der Waals surface area (Å²) in [6.07, 6.45) is 0.375. The van der Waals surface area contributed by atoms with Gasteiger partial charge in [-0.05, 0) is 18.6 Å². The number of nitrogens with one attached hydrogen (secondary N) is 1. The second-order valence-corrected chi connectivity index (χ2v) is 5.06. The molecule has 0 bridgehead atoms. The van der Waals surface area contributed by atoms with Gasteiger partial charge >= 0.3 is 0 Å². The number of carbonyl (C=O) groups is 1. The van der Waals surface area contributed by atoms with Crippen LogP contribution in [0.4, 0.5) is 0 Å². The van der Waals surface area contributed by atoms with E-state index in [1.54, 1.807) is 0 Å². The molecule has 1 fully saturated rings. The lowest BCUT2D eigenvalue weighted by atomic mass is 10.1. The molecule has 2 aliphatic rings. The van der Waals surface area contributed by atoms with Gasteiger partial charge in [0, 0.05) is 32.1 Å². The van der Waals surface area contributed by atoms with E-state index in [0.717, 1.165) is 30.9 Å². The lowest BCUT2D eigenvalue weighted by molar-refractivity contribution is -0.139. The van der Waals surface area contributed by atoms with Gasteiger partial charge < -0.3 is 15.0 Å². The minimum Gasteiger partial charge on any atom is -0.480 e. The van der Waals surface area contributed by atoms with E-state index in [4.69, 9.17) is 4.74 Å². The summed E-state index contributed by atoms with van der Waals surface area (Å²) in [6.45, 7) is 4.52. The maximum Gasteiger partial charge on any atom is 0.264 e. The monoisotopic (exact) mass is 282 g/mol. The van der Waals surface area contributed by atoms with Crippen LogP contribution in [0.5, 0.6) is 5.75 Å². The number of hydrogen-bond donors (Lipinski definition) is 1. The first-order valence-electron chi connectivity index (χ1n) is 6.51. The van der Waals surface area contributed by atoms with Crippen LogP contribution in [-0.2, 0) is 11.2 Å². The van der Waals surface area contributed by atoms with Gasteiger partial charge in [0.25, 0.3) is 5.91 Å². The van der Waals surface area contributed by atoms with Gasteiger partial charge in [0.1, 0.15) is 5.75 Å². The molecule has 4 nitrogen and oxygen atoms in total. The van der Waals surface area contributed by atoms with Gasteiger partial charge in [0.2, 0.25) is 0 Å². The average Bonchev–Trinajstić information content (AvgIpc) is 2.81. The Morgan fingerprint density at radius 1 is 1.42 bits per heavy atom. The summed E-state index contributed by atoms with van der Waals surface area (Å²) in [4.78, 5) is 14.3. The van der Waals surface area contributed by atoms with Crippen molar-refractivity contribution in [3.63, 3.8) is 0 Å². The number of ether oxygens (including phenoxy) is 1. The molecular weight excluding hydrogens is 264 g/mol. The Morgan fingerprint density at radius 3 is 2.95 bits per heavy atom. The Labute approximate surface area is 119 Å². The summed E-state index contributed by atoms with van der Waals surface area (Å²) >= 11 is 0. The highest BCUT2D eigenvalue weighted by Crippen LogP contribution is 2.29. The van der Waals surface area contributed by atoms with Gasteiger partial charge in [-0.1, -0.05) is 18.2 Å². The molecule has 19 heavy (non-hydrogen) atoms. The fourth-order valence-electron chi connectivity index (χ4n) is 2.66. The summed E-state index contributed by atoms with van der Waals surface area (Å²) in [5.41, 5.74) is 1.14.